The first kappa shape index (κ1) is 17.3. The topological polar surface area (TPSA) is 77.8 Å². The van der Waals surface area contributed by atoms with Crippen LogP contribution in [0.4, 0.5) is 0 Å². The smallest absolute Gasteiger partial charge is 0.306 e. The first-order valence-corrected chi connectivity index (χ1v) is 7.78. The molecule has 0 saturated carbocycles. The largest absolute Gasteiger partial charge is 0.508 e. The molecule has 1 aromatic rings. The highest BCUT2D eigenvalue weighted by Gasteiger charge is 2.19. The van der Waals surface area contributed by atoms with Crippen molar-refractivity contribution < 1.29 is 20.1 Å². The number of rotatable bonds is 10. The van der Waals surface area contributed by atoms with Crippen molar-refractivity contribution in [3.8, 4) is 11.5 Å². The first-order chi connectivity index (χ1) is 10.0. The van der Waals surface area contributed by atoms with Gasteiger partial charge in [-0.3, -0.25) is 4.79 Å². The summed E-state index contributed by atoms with van der Waals surface area (Å²) < 4.78 is 0. The molecule has 0 bridgehead atoms. The maximum Gasteiger partial charge on any atom is 0.306 e. The number of hydrogen-bond acceptors (Lipinski definition) is 3. The van der Waals surface area contributed by atoms with Gasteiger partial charge in [0.25, 0.3) is 0 Å². The van der Waals surface area contributed by atoms with Crippen molar-refractivity contribution in [2.24, 2.45) is 5.92 Å². The zero-order chi connectivity index (χ0) is 15.7. The molecule has 0 amide bonds. The second-order valence-electron chi connectivity index (χ2n) is 5.61. The maximum absolute atomic E-state index is 11.3. The van der Waals surface area contributed by atoms with Gasteiger partial charge < -0.3 is 15.3 Å². The number of phenolic OH excluding ortho intramolecular Hbond substituents is 2. The van der Waals surface area contributed by atoms with E-state index in [0.29, 0.717) is 12.0 Å². The lowest BCUT2D eigenvalue weighted by atomic mass is 9.93. The molecule has 1 atom stereocenters. The van der Waals surface area contributed by atoms with Crippen LogP contribution in [0.2, 0.25) is 0 Å². The van der Waals surface area contributed by atoms with E-state index in [-0.39, 0.29) is 17.9 Å². The number of carboxylic acids is 1. The van der Waals surface area contributed by atoms with Gasteiger partial charge in [0.2, 0.25) is 0 Å². The SMILES string of the molecule is CCCCCCCCC(Cc1cc(O)ccc1O)C(=O)O. The van der Waals surface area contributed by atoms with E-state index in [0.717, 1.165) is 19.3 Å². The van der Waals surface area contributed by atoms with E-state index in [9.17, 15) is 20.1 Å². The standard InChI is InChI=1S/C17H26O4/c1-2-3-4-5-6-7-8-13(17(20)21)11-14-12-15(18)9-10-16(14)19/h9-10,12-13,18-19H,2-8,11H2,1H3,(H,20,21). The summed E-state index contributed by atoms with van der Waals surface area (Å²) in [6.45, 7) is 2.17. The number of carbonyl (C=O) groups is 1. The van der Waals surface area contributed by atoms with Crippen molar-refractivity contribution in [1.82, 2.24) is 0 Å². The fourth-order valence-electron chi connectivity index (χ4n) is 2.48. The molecule has 1 rings (SSSR count). The lowest BCUT2D eigenvalue weighted by Crippen LogP contribution is -2.16. The Morgan fingerprint density at radius 2 is 1.76 bits per heavy atom. The summed E-state index contributed by atoms with van der Waals surface area (Å²) >= 11 is 0. The van der Waals surface area contributed by atoms with Gasteiger partial charge >= 0.3 is 5.97 Å². The van der Waals surface area contributed by atoms with Gasteiger partial charge in [0.1, 0.15) is 11.5 Å². The Hall–Kier alpha value is -1.71. The molecule has 0 fully saturated rings. The van der Waals surface area contributed by atoms with Crippen molar-refractivity contribution in [3.05, 3.63) is 23.8 Å². The van der Waals surface area contributed by atoms with Crippen LogP contribution in [0.15, 0.2) is 18.2 Å². The zero-order valence-corrected chi connectivity index (χ0v) is 12.7. The molecule has 4 nitrogen and oxygen atoms in total. The van der Waals surface area contributed by atoms with Gasteiger partial charge in [-0.2, -0.15) is 0 Å². The summed E-state index contributed by atoms with van der Waals surface area (Å²) in [6, 6.07) is 4.23. The summed E-state index contributed by atoms with van der Waals surface area (Å²) in [7, 11) is 0. The Morgan fingerprint density at radius 3 is 2.43 bits per heavy atom. The zero-order valence-electron chi connectivity index (χ0n) is 12.7. The number of benzene rings is 1. The van der Waals surface area contributed by atoms with Gasteiger partial charge in [-0.1, -0.05) is 45.4 Å². The lowest BCUT2D eigenvalue weighted by molar-refractivity contribution is -0.142. The quantitative estimate of drug-likeness (QED) is 0.448. The third kappa shape index (κ3) is 6.52. The van der Waals surface area contributed by atoms with E-state index < -0.39 is 11.9 Å². The fraction of sp³-hybridized carbons (Fsp3) is 0.588. The molecule has 0 spiro atoms. The van der Waals surface area contributed by atoms with Crippen LogP contribution >= 0.6 is 0 Å². The maximum atomic E-state index is 11.3. The van der Waals surface area contributed by atoms with Crippen LogP contribution in [0.25, 0.3) is 0 Å². The summed E-state index contributed by atoms with van der Waals surface area (Å²) in [5.41, 5.74) is 0.494. The Bertz CT molecular complexity index is 442. The van der Waals surface area contributed by atoms with E-state index in [2.05, 4.69) is 6.92 Å². The molecule has 118 valence electrons. The third-order valence-corrected chi connectivity index (χ3v) is 3.78. The summed E-state index contributed by atoms with van der Waals surface area (Å²) in [4.78, 5) is 11.3. The fourth-order valence-corrected chi connectivity index (χ4v) is 2.48. The average molecular weight is 294 g/mol. The predicted octanol–water partition coefficient (Wildman–Crippen LogP) is 4.09. The van der Waals surface area contributed by atoms with E-state index in [4.69, 9.17) is 0 Å². The molecule has 0 heterocycles. The Kier molecular flexibility index (Phi) is 7.65. The van der Waals surface area contributed by atoms with Crippen LogP contribution in [0, 0.1) is 5.92 Å². The van der Waals surface area contributed by atoms with Gasteiger partial charge in [0, 0.05) is 0 Å². The molecule has 1 unspecified atom stereocenters. The van der Waals surface area contributed by atoms with Gasteiger partial charge in [0.15, 0.2) is 0 Å². The first-order valence-electron chi connectivity index (χ1n) is 7.78. The Morgan fingerprint density at radius 1 is 1.10 bits per heavy atom. The van der Waals surface area contributed by atoms with Crippen LogP contribution in [0.3, 0.4) is 0 Å². The molecule has 0 radical (unpaired) electrons. The van der Waals surface area contributed by atoms with Gasteiger partial charge in [-0.05, 0) is 36.6 Å². The van der Waals surface area contributed by atoms with E-state index in [1.165, 1.54) is 37.5 Å². The van der Waals surface area contributed by atoms with Crippen molar-refractivity contribution in [3.63, 3.8) is 0 Å². The molecule has 0 aliphatic heterocycles. The molecule has 0 aliphatic rings. The second kappa shape index (κ2) is 9.27. The highest BCUT2D eigenvalue weighted by molar-refractivity contribution is 5.70. The number of phenols is 2. The van der Waals surface area contributed by atoms with Gasteiger partial charge in [-0.15, -0.1) is 0 Å². The molecular weight excluding hydrogens is 268 g/mol. The minimum absolute atomic E-state index is 0.0435. The van der Waals surface area contributed by atoms with Gasteiger partial charge in [-0.25, -0.2) is 0 Å². The van der Waals surface area contributed by atoms with E-state index >= 15 is 0 Å². The monoisotopic (exact) mass is 294 g/mol. The molecule has 0 saturated heterocycles. The Balaban J connectivity index is 2.46. The molecule has 21 heavy (non-hydrogen) atoms. The number of carboxylic acid groups (broad SMARTS) is 1. The van der Waals surface area contributed by atoms with Crippen molar-refractivity contribution in [2.45, 2.75) is 58.3 Å². The van der Waals surface area contributed by atoms with Crippen LogP contribution in [-0.2, 0) is 11.2 Å². The third-order valence-electron chi connectivity index (χ3n) is 3.78. The van der Waals surface area contributed by atoms with Crippen molar-refractivity contribution in [2.75, 3.05) is 0 Å². The van der Waals surface area contributed by atoms with Crippen molar-refractivity contribution in [1.29, 1.82) is 0 Å². The highest BCUT2D eigenvalue weighted by atomic mass is 16.4. The predicted molar refractivity (Wildman–Crippen MR) is 82.6 cm³/mol. The van der Waals surface area contributed by atoms with E-state index in [1.54, 1.807) is 0 Å². The number of hydrogen-bond donors (Lipinski definition) is 3. The normalized spacial score (nSPS) is 12.2. The molecular formula is C17H26O4. The summed E-state index contributed by atoms with van der Waals surface area (Å²) in [6.07, 6.45) is 7.60. The number of aliphatic carboxylic acids is 1. The van der Waals surface area contributed by atoms with Crippen molar-refractivity contribution >= 4 is 5.97 Å². The second-order valence-corrected chi connectivity index (χ2v) is 5.61. The van der Waals surface area contributed by atoms with Gasteiger partial charge in [0.05, 0.1) is 5.92 Å². The van der Waals surface area contributed by atoms with E-state index in [1.807, 2.05) is 0 Å². The Labute approximate surface area is 126 Å². The number of unbranched alkanes of at least 4 members (excludes halogenated alkanes) is 5. The molecule has 3 N–H and O–H groups in total. The summed E-state index contributed by atoms with van der Waals surface area (Å²) in [5.74, 6) is -1.26. The van der Waals surface area contributed by atoms with Crippen LogP contribution in [0.1, 0.15) is 57.4 Å². The van der Waals surface area contributed by atoms with Crippen LogP contribution in [0.5, 0.6) is 11.5 Å². The summed E-state index contributed by atoms with van der Waals surface area (Å²) in [5, 5.41) is 28.4. The molecule has 1 aromatic carbocycles. The average Bonchev–Trinajstić information content (AvgIpc) is 2.44. The van der Waals surface area contributed by atoms with Crippen LogP contribution < -0.4 is 0 Å². The number of aromatic hydroxyl groups is 2. The molecule has 0 aromatic heterocycles. The molecule has 0 aliphatic carbocycles. The highest BCUT2D eigenvalue weighted by Crippen LogP contribution is 2.26. The lowest BCUT2D eigenvalue weighted by Gasteiger charge is -2.13. The molecule has 4 heteroatoms. The minimum Gasteiger partial charge on any atom is -0.508 e. The minimum atomic E-state index is -0.841. The van der Waals surface area contributed by atoms with Crippen LogP contribution in [-0.4, -0.2) is 21.3 Å².